The van der Waals surface area contributed by atoms with E-state index in [0.717, 1.165) is 51.4 Å². The van der Waals surface area contributed by atoms with Crippen LogP contribution < -0.4 is 5.32 Å². The summed E-state index contributed by atoms with van der Waals surface area (Å²) in [4.78, 5) is 17.2. The van der Waals surface area contributed by atoms with E-state index < -0.39 is 0 Å². The molecule has 0 spiro atoms. The minimum Gasteiger partial charge on any atom is -0.379 e. The van der Waals surface area contributed by atoms with E-state index in [9.17, 15) is 4.79 Å². The second-order valence-corrected chi connectivity index (χ2v) is 7.27. The van der Waals surface area contributed by atoms with Gasteiger partial charge in [0, 0.05) is 32.2 Å². The number of morpholine rings is 1. The number of nitrogens with zero attached hydrogens (tertiary/aromatic N) is 2. The first-order valence-corrected chi connectivity index (χ1v) is 9.57. The van der Waals surface area contributed by atoms with Gasteiger partial charge in [-0.05, 0) is 38.3 Å². The Balaban J connectivity index is 1.41. The fraction of sp³-hybridized carbons (Fsp3) is 0.650. The molecule has 1 aromatic carbocycles. The second kappa shape index (κ2) is 9.32. The number of carbonyl (C=O) groups excluding carboxylic acids is 1. The zero-order valence-corrected chi connectivity index (χ0v) is 15.4. The molecule has 1 N–H and O–H groups in total. The van der Waals surface area contributed by atoms with Crippen molar-refractivity contribution in [1.82, 2.24) is 15.1 Å². The molecule has 2 heterocycles. The molecule has 1 atom stereocenters. The molecule has 2 saturated heterocycles. The van der Waals surface area contributed by atoms with Crippen LogP contribution in [0.1, 0.15) is 30.4 Å². The number of ether oxygens (including phenoxy) is 1. The maximum atomic E-state index is 12.3. The Labute approximate surface area is 151 Å². The Kier molecular flexibility index (Phi) is 6.84. The van der Waals surface area contributed by atoms with Crippen LogP contribution in [0, 0.1) is 6.92 Å². The Morgan fingerprint density at radius 1 is 1.20 bits per heavy atom. The largest absolute Gasteiger partial charge is 0.379 e. The summed E-state index contributed by atoms with van der Waals surface area (Å²) < 4.78 is 5.46. The molecule has 2 aliphatic heterocycles. The van der Waals surface area contributed by atoms with Crippen LogP contribution in [0.3, 0.4) is 0 Å². The number of rotatable bonds is 5. The number of aryl methyl sites for hydroxylation is 1. The van der Waals surface area contributed by atoms with Crippen LogP contribution in [0.25, 0.3) is 0 Å². The number of nitrogens with one attached hydrogen (secondary N) is 1. The minimum absolute atomic E-state index is 0.131. The quantitative estimate of drug-likeness (QED) is 0.884. The molecule has 5 heteroatoms. The zero-order valence-electron chi connectivity index (χ0n) is 15.4. The molecule has 0 aliphatic carbocycles. The summed E-state index contributed by atoms with van der Waals surface area (Å²) in [6.07, 6.45) is 3.57. The molecule has 1 amide bonds. The van der Waals surface area contributed by atoms with E-state index in [2.05, 4.69) is 40.2 Å². The van der Waals surface area contributed by atoms with Crippen molar-refractivity contribution in [1.29, 1.82) is 0 Å². The first-order chi connectivity index (χ1) is 12.2. The summed E-state index contributed by atoms with van der Waals surface area (Å²) in [5.74, 6) is 0.131. The Hall–Kier alpha value is -1.43. The van der Waals surface area contributed by atoms with Gasteiger partial charge in [0.2, 0.25) is 5.91 Å². The average molecular weight is 345 g/mol. The number of benzene rings is 1. The van der Waals surface area contributed by atoms with E-state index >= 15 is 0 Å². The van der Waals surface area contributed by atoms with Crippen molar-refractivity contribution in [3.05, 3.63) is 35.4 Å². The van der Waals surface area contributed by atoms with Gasteiger partial charge in [-0.1, -0.05) is 29.8 Å². The second-order valence-electron chi connectivity index (χ2n) is 7.27. The predicted octanol–water partition coefficient (Wildman–Crippen LogP) is 1.80. The molecular formula is C20H31N3O2. The van der Waals surface area contributed by atoms with Crippen molar-refractivity contribution in [3.63, 3.8) is 0 Å². The van der Waals surface area contributed by atoms with Crippen molar-refractivity contribution < 1.29 is 9.53 Å². The Bertz CT molecular complexity index is 558. The summed E-state index contributed by atoms with van der Waals surface area (Å²) in [5, 5.41) is 3.06. The van der Waals surface area contributed by atoms with Crippen molar-refractivity contribution in [2.24, 2.45) is 0 Å². The molecule has 3 rings (SSSR count). The molecular weight excluding hydrogens is 314 g/mol. The molecule has 0 radical (unpaired) electrons. The molecule has 5 nitrogen and oxygen atoms in total. The Morgan fingerprint density at radius 3 is 2.84 bits per heavy atom. The molecule has 2 aliphatic rings. The lowest BCUT2D eigenvalue weighted by Crippen LogP contribution is -2.44. The predicted molar refractivity (Wildman–Crippen MR) is 99.5 cm³/mol. The first kappa shape index (κ1) is 18.4. The maximum Gasteiger partial charge on any atom is 0.234 e. The van der Waals surface area contributed by atoms with E-state index in [1.54, 1.807) is 0 Å². The van der Waals surface area contributed by atoms with Gasteiger partial charge in [-0.25, -0.2) is 0 Å². The standard InChI is InChI=1S/C20H31N3O2/c1-17-4-2-5-18(14-17)15-21-20(24)16-22-8-3-6-19(7-9-22)23-10-12-25-13-11-23/h2,4-5,14,19H,3,6-13,15-16H2,1H3,(H,21,24). The van der Waals surface area contributed by atoms with Gasteiger partial charge in [0.15, 0.2) is 0 Å². The van der Waals surface area contributed by atoms with Crippen LogP contribution in [0.5, 0.6) is 0 Å². The lowest BCUT2D eigenvalue weighted by molar-refractivity contribution is -0.122. The van der Waals surface area contributed by atoms with Gasteiger partial charge < -0.3 is 10.1 Å². The fourth-order valence-electron chi connectivity index (χ4n) is 3.89. The highest BCUT2D eigenvalue weighted by atomic mass is 16.5. The topological polar surface area (TPSA) is 44.8 Å². The highest BCUT2D eigenvalue weighted by molar-refractivity contribution is 5.78. The SMILES string of the molecule is Cc1cccc(CNC(=O)CN2CCCC(N3CCOCC3)CC2)c1. The van der Waals surface area contributed by atoms with E-state index in [1.165, 1.54) is 18.4 Å². The van der Waals surface area contributed by atoms with Crippen molar-refractivity contribution in [2.45, 2.75) is 38.8 Å². The van der Waals surface area contributed by atoms with Gasteiger partial charge >= 0.3 is 0 Å². The van der Waals surface area contributed by atoms with E-state index in [-0.39, 0.29) is 5.91 Å². The van der Waals surface area contributed by atoms with Crippen LogP contribution in [0.2, 0.25) is 0 Å². The van der Waals surface area contributed by atoms with E-state index in [1.807, 2.05) is 6.07 Å². The highest BCUT2D eigenvalue weighted by Gasteiger charge is 2.24. The van der Waals surface area contributed by atoms with Gasteiger partial charge in [-0.15, -0.1) is 0 Å². The fourth-order valence-corrected chi connectivity index (χ4v) is 3.89. The van der Waals surface area contributed by atoms with Gasteiger partial charge in [-0.3, -0.25) is 14.6 Å². The van der Waals surface area contributed by atoms with E-state index in [4.69, 9.17) is 4.74 Å². The maximum absolute atomic E-state index is 12.3. The molecule has 138 valence electrons. The number of amides is 1. The molecule has 2 fully saturated rings. The third-order valence-electron chi connectivity index (χ3n) is 5.29. The van der Waals surface area contributed by atoms with Crippen LogP contribution in [-0.2, 0) is 16.1 Å². The lowest BCUT2D eigenvalue weighted by atomic mass is 10.1. The molecule has 0 saturated carbocycles. The third kappa shape index (κ3) is 5.80. The van der Waals surface area contributed by atoms with Crippen molar-refractivity contribution in [2.75, 3.05) is 45.9 Å². The number of hydrogen-bond acceptors (Lipinski definition) is 4. The summed E-state index contributed by atoms with van der Waals surface area (Å²) in [6.45, 7) is 9.09. The minimum atomic E-state index is 0.131. The van der Waals surface area contributed by atoms with Gasteiger partial charge in [-0.2, -0.15) is 0 Å². The number of hydrogen-bond donors (Lipinski definition) is 1. The monoisotopic (exact) mass is 345 g/mol. The van der Waals surface area contributed by atoms with Crippen LogP contribution in [0.4, 0.5) is 0 Å². The molecule has 0 bridgehead atoms. The highest BCUT2D eigenvalue weighted by Crippen LogP contribution is 2.18. The normalized spacial score (nSPS) is 23.2. The summed E-state index contributed by atoms with van der Waals surface area (Å²) in [7, 11) is 0. The summed E-state index contributed by atoms with van der Waals surface area (Å²) in [6, 6.07) is 8.96. The molecule has 0 aromatic heterocycles. The van der Waals surface area contributed by atoms with Crippen molar-refractivity contribution >= 4 is 5.91 Å². The van der Waals surface area contributed by atoms with Crippen LogP contribution in [-0.4, -0.2) is 67.7 Å². The van der Waals surface area contributed by atoms with Gasteiger partial charge in [0.05, 0.1) is 19.8 Å². The Morgan fingerprint density at radius 2 is 2.04 bits per heavy atom. The van der Waals surface area contributed by atoms with Gasteiger partial charge in [0.1, 0.15) is 0 Å². The first-order valence-electron chi connectivity index (χ1n) is 9.57. The molecule has 25 heavy (non-hydrogen) atoms. The summed E-state index contributed by atoms with van der Waals surface area (Å²) in [5.41, 5.74) is 2.39. The van der Waals surface area contributed by atoms with Crippen LogP contribution in [0.15, 0.2) is 24.3 Å². The lowest BCUT2D eigenvalue weighted by Gasteiger charge is -2.34. The third-order valence-corrected chi connectivity index (χ3v) is 5.29. The number of carbonyl (C=O) groups is 1. The molecule has 1 aromatic rings. The summed E-state index contributed by atoms with van der Waals surface area (Å²) >= 11 is 0. The zero-order chi connectivity index (χ0) is 17.5. The average Bonchev–Trinajstić information content (AvgIpc) is 2.86. The van der Waals surface area contributed by atoms with E-state index in [0.29, 0.717) is 19.1 Å². The van der Waals surface area contributed by atoms with Crippen LogP contribution >= 0.6 is 0 Å². The molecule has 1 unspecified atom stereocenters. The van der Waals surface area contributed by atoms with Gasteiger partial charge in [0.25, 0.3) is 0 Å². The smallest absolute Gasteiger partial charge is 0.234 e. The number of likely N-dealkylation sites (tertiary alicyclic amines) is 1. The van der Waals surface area contributed by atoms with Crippen molar-refractivity contribution in [3.8, 4) is 0 Å².